The molecule has 1 aromatic carbocycles. The van der Waals surface area contributed by atoms with Crippen molar-refractivity contribution in [3.8, 4) is 11.1 Å². The Balaban J connectivity index is 1.25. The van der Waals surface area contributed by atoms with Crippen LogP contribution in [0.15, 0.2) is 41.3 Å². The van der Waals surface area contributed by atoms with Gasteiger partial charge in [-0.25, -0.2) is 4.79 Å². The zero-order chi connectivity index (χ0) is 30.5. The molecule has 2 fully saturated rings. The Morgan fingerprint density at radius 3 is 2.44 bits per heavy atom. The van der Waals surface area contributed by atoms with Gasteiger partial charge in [0.15, 0.2) is 11.8 Å². The molecule has 0 radical (unpaired) electrons. The van der Waals surface area contributed by atoms with Gasteiger partial charge in [-0.3, -0.25) is 14.1 Å². The van der Waals surface area contributed by atoms with E-state index in [0.717, 1.165) is 49.7 Å². The SMILES string of the molecule is COC1CC(n2c(=O)n(C)c3nnc4ccc(-c5ccc(C(OCCN6CCC(C)(C)CC6)C(F)(F)F)nc5)cc4c32)C1. The normalized spacial score (nSPS) is 21.7. The fourth-order valence-corrected chi connectivity index (χ4v) is 6.11. The van der Waals surface area contributed by atoms with Gasteiger partial charge in [0.1, 0.15) is 5.52 Å². The van der Waals surface area contributed by atoms with Crippen LogP contribution in [-0.4, -0.2) is 74.8 Å². The average molecular weight is 599 g/mol. The molecule has 1 aliphatic carbocycles. The number of aromatic nitrogens is 5. The summed E-state index contributed by atoms with van der Waals surface area (Å²) in [4.78, 5) is 19.5. The van der Waals surface area contributed by atoms with Crippen LogP contribution in [0.3, 0.4) is 0 Å². The van der Waals surface area contributed by atoms with Crippen LogP contribution in [0.1, 0.15) is 57.4 Å². The number of fused-ring (bicyclic) bond motifs is 3. The topological polar surface area (TPSA) is 87.3 Å². The third kappa shape index (κ3) is 5.80. The van der Waals surface area contributed by atoms with E-state index in [-0.39, 0.29) is 35.6 Å². The maximum atomic E-state index is 14.0. The van der Waals surface area contributed by atoms with Gasteiger partial charge in [0.25, 0.3) is 0 Å². The number of rotatable bonds is 8. The molecular weight excluding hydrogens is 561 g/mol. The van der Waals surface area contributed by atoms with E-state index in [1.807, 2.05) is 12.1 Å². The van der Waals surface area contributed by atoms with Gasteiger partial charge in [-0.2, -0.15) is 13.2 Å². The van der Waals surface area contributed by atoms with Crippen LogP contribution in [0, 0.1) is 5.41 Å². The van der Waals surface area contributed by atoms with E-state index in [1.54, 1.807) is 30.9 Å². The quantitative estimate of drug-likeness (QED) is 0.267. The maximum Gasteiger partial charge on any atom is 0.420 e. The standard InChI is InChI=1S/C31H37F3N6O3/c1-30(2)9-11-39(12-10-30)13-14-43-27(31(32,33)34)25-8-6-20(18-35-25)19-5-7-24-23(15-19)26-28(37-36-24)38(3)29(41)40(26)21-16-22(17-21)42-4/h5-8,15,18,21-22,27H,9-14,16-17H2,1-4H3. The van der Waals surface area contributed by atoms with Gasteiger partial charge in [-0.15, -0.1) is 10.2 Å². The monoisotopic (exact) mass is 598 g/mol. The number of benzene rings is 1. The third-order valence-corrected chi connectivity index (χ3v) is 9.12. The largest absolute Gasteiger partial charge is 0.420 e. The van der Waals surface area contributed by atoms with Crippen molar-refractivity contribution in [2.45, 2.75) is 64.0 Å². The van der Waals surface area contributed by atoms with Crippen molar-refractivity contribution < 1.29 is 22.6 Å². The lowest BCUT2D eigenvalue weighted by Crippen LogP contribution is -2.39. The summed E-state index contributed by atoms with van der Waals surface area (Å²) in [5, 5.41) is 9.37. The summed E-state index contributed by atoms with van der Waals surface area (Å²) in [6.45, 7) is 6.58. The number of nitrogens with zero attached hydrogens (tertiary/aromatic N) is 6. The minimum absolute atomic E-state index is 0.0146. The number of aryl methyl sites for hydroxylation is 1. The Morgan fingerprint density at radius 1 is 1.07 bits per heavy atom. The van der Waals surface area contributed by atoms with Crippen LogP contribution in [0.2, 0.25) is 0 Å². The zero-order valence-corrected chi connectivity index (χ0v) is 24.9. The molecule has 43 heavy (non-hydrogen) atoms. The molecule has 230 valence electrons. The van der Waals surface area contributed by atoms with Gasteiger partial charge >= 0.3 is 11.9 Å². The molecule has 0 spiro atoms. The van der Waals surface area contributed by atoms with Crippen LogP contribution in [0.5, 0.6) is 0 Å². The predicted octanol–water partition coefficient (Wildman–Crippen LogP) is 5.44. The number of imidazole rings is 1. The molecule has 12 heteroatoms. The summed E-state index contributed by atoms with van der Waals surface area (Å²) in [6.07, 6.45) is -1.67. The zero-order valence-electron chi connectivity index (χ0n) is 24.9. The average Bonchev–Trinajstić information content (AvgIpc) is 3.20. The number of pyridine rings is 1. The van der Waals surface area contributed by atoms with Crippen LogP contribution < -0.4 is 5.69 Å². The molecule has 0 N–H and O–H groups in total. The van der Waals surface area contributed by atoms with Crippen molar-refractivity contribution >= 4 is 22.1 Å². The minimum Gasteiger partial charge on any atom is -0.381 e. The molecule has 1 saturated heterocycles. The van der Waals surface area contributed by atoms with Crippen molar-refractivity contribution in [2.24, 2.45) is 12.5 Å². The molecule has 4 aromatic rings. The van der Waals surface area contributed by atoms with Gasteiger partial charge in [-0.1, -0.05) is 26.0 Å². The third-order valence-electron chi connectivity index (χ3n) is 9.12. The second kappa shape index (κ2) is 11.3. The summed E-state index contributed by atoms with van der Waals surface area (Å²) < 4.78 is 56.1. The van der Waals surface area contributed by atoms with Gasteiger partial charge in [-0.05, 0) is 68.0 Å². The van der Waals surface area contributed by atoms with Crippen LogP contribution in [-0.2, 0) is 16.5 Å². The Morgan fingerprint density at radius 2 is 1.79 bits per heavy atom. The van der Waals surface area contributed by atoms with E-state index in [4.69, 9.17) is 9.47 Å². The molecule has 2 aliphatic rings. The first kappa shape index (κ1) is 29.7. The lowest BCUT2D eigenvalue weighted by atomic mass is 9.83. The number of alkyl halides is 3. The van der Waals surface area contributed by atoms with Crippen LogP contribution in [0.25, 0.3) is 33.2 Å². The lowest BCUT2D eigenvalue weighted by Gasteiger charge is -2.37. The number of ether oxygens (including phenoxy) is 2. The summed E-state index contributed by atoms with van der Waals surface area (Å²) in [6, 6.07) is 8.50. The molecule has 1 aliphatic heterocycles. The molecule has 1 saturated carbocycles. The molecular formula is C31H37F3N6O3. The summed E-state index contributed by atoms with van der Waals surface area (Å²) in [5.41, 5.74) is 3.08. The van der Waals surface area contributed by atoms with Crippen molar-refractivity contribution in [1.29, 1.82) is 0 Å². The van der Waals surface area contributed by atoms with Crippen LogP contribution >= 0.6 is 0 Å². The highest BCUT2D eigenvalue weighted by Gasteiger charge is 2.43. The maximum absolute atomic E-state index is 14.0. The lowest BCUT2D eigenvalue weighted by molar-refractivity contribution is -0.226. The first-order chi connectivity index (χ1) is 20.4. The number of halogens is 3. The smallest absolute Gasteiger partial charge is 0.381 e. The number of hydrogen-bond donors (Lipinski definition) is 0. The van der Waals surface area contributed by atoms with Gasteiger partial charge in [0.2, 0.25) is 0 Å². The van der Waals surface area contributed by atoms with E-state index in [2.05, 4.69) is 33.9 Å². The first-order valence-corrected chi connectivity index (χ1v) is 14.7. The number of methoxy groups -OCH3 is 1. The van der Waals surface area contributed by atoms with E-state index in [0.29, 0.717) is 28.8 Å². The molecule has 3 aromatic heterocycles. The molecule has 1 unspecified atom stereocenters. The Hall–Kier alpha value is -3.35. The fourth-order valence-electron chi connectivity index (χ4n) is 6.11. The number of piperidine rings is 1. The van der Waals surface area contributed by atoms with Crippen molar-refractivity contribution in [2.75, 3.05) is 33.4 Å². The second-order valence-electron chi connectivity index (χ2n) is 12.6. The van der Waals surface area contributed by atoms with Crippen LogP contribution in [0.4, 0.5) is 13.2 Å². The van der Waals surface area contributed by atoms with Crippen molar-refractivity contribution in [1.82, 2.24) is 29.2 Å². The summed E-state index contributed by atoms with van der Waals surface area (Å²) >= 11 is 0. The van der Waals surface area contributed by atoms with Crippen molar-refractivity contribution in [3.63, 3.8) is 0 Å². The summed E-state index contributed by atoms with van der Waals surface area (Å²) in [5.74, 6) is 0. The molecule has 4 heterocycles. The molecule has 9 nitrogen and oxygen atoms in total. The van der Waals surface area contributed by atoms with Gasteiger partial charge < -0.3 is 14.4 Å². The van der Waals surface area contributed by atoms with Gasteiger partial charge in [0, 0.05) is 43.9 Å². The minimum atomic E-state index is -4.59. The van der Waals surface area contributed by atoms with E-state index < -0.39 is 12.3 Å². The number of hydrogen-bond acceptors (Lipinski definition) is 7. The molecule has 1 atom stereocenters. The second-order valence-corrected chi connectivity index (χ2v) is 12.6. The Labute approximate surface area is 247 Å². The van der Waals surface area contributed by atoms with E-state index in [9.17, 15) is 18.0 Å². The van der Waals surface area contributed by atoms with Gasteiger partial charge in [0.05, 0.1) is 23.9 Å². The highest BCUT2D eigenvalue weighted by Crippen LogP contribution is 2.38. The summed E-state index contributed by atoms with van der Waals surface area (Å²) in [7, 11) is 3.34. The van der Waals surface area contributed by atoms with E-state index in [1.165, 1.54) is 16.8 Å². The molecule has 0 amide bonds. The highest BCUT2D eigenvalue weighted by atomic mass is 19.4. The molecule has 6 rings (SSSR count). The first-order valence-electron chi connectivity index (χ1n) is 14.7. The fraction of sp³-hybridized carbons (Fsp3) is 0.548. The predicted molar refractivity (Wildman–Crippen MR) is 157 cm³/mol. The highest BCUT2D eigenvalue weighted by molar-refractivity contribution is 6.02. The van der Waals surface area contributed by atoms with E-state index >= 15 is 0 Å². The Kier molecular flexibility index (Phi) is 7.80. The molecule has 0 bridgehead atoms. The number of likely N-dealkylation sites (tertiary alicyclic amines) is 1. The Bertz CT molecular complexity index is 1660. The van der Waals surface area contributed by atoms with Crippen molar-refractivity contribution in [3.05, 3.63) is 52.7 Å².